The van der Waals surface area contributed by atoms with Gasteiger partial charge in [0.2, 0.25) is 0 Å². The molecule has 0 radical (unpaired) electrons. The van der Waals surface area contributed by atoms with Crippen LogP contribution in [0.2, 0.25) is 0 Å². The van der Waals surface area contributed by atoms with Crippen molar-refractivity contribution in [2.45, 2.75) is 39.3 Å². The van der Waals surface area contributed by atoms with E-state index in [1.807, 2.05) is 13.0 Å². The molecule has 0 aliphatic carbocycles. The van der Waals surface area contributed by atoms with Gasteiger partial charge in [0.1, 0.15) is 5.82 Å². The van der Waals surface area contributed by atoms with Gasteiger partial charge in [-0.3, -0.25) is 0 Å². The Morgan fingerprint density at radius 1 is 1.60 bits per heavy atom. The van der Waals surface area contributed by atoms with Crippen molar-refractivity contribution in [3.8, 4) is 6.07 Å². The Morgan fingerprint density at radius 3 is 3.00 bits per heavy atom. The third-order valence-electron chi connectivity index (χ3n) is 2.24. The molecule has 1 N–H and O–H groups in total. The van der Waals surface area contributed by atoms with Crippen LogP contribution in [0.1, 0.15) is 31.3 Å². The maximum absolute atomic E-state index is 8.59. The van der Waals surface area contributed by atoms with E-state index < -0.39 is 0 Å². The number of hydrogen-bond donors (Lipinski definition) is 1. The zero-order chi connectivity index (χ0) is 11.1. The van der Waals surface area contributed by atoms with Crippen LogP contribution >= 0.6 is 0 Å². The van der Waals surface area contributed by atoms with Crippen molar-refractivity contribution in [3.63, 3.8) is 0 Å². The molecule has 80 valence electrons. The minimum absolute atomic E-state index is 0.255. The number of rotatable bonds is 5. The van der Waals surface area contributed by atoms with E-state index in [0.29, 0.717) is 13.0 Å². The molecular weight excluding hydrogens is 188 g/mol. The summed E-state index contributed by atoms with van der Waals surface area (Å²) in [5, 5.41) is 11.9. The van der Waals surface area contributed by atoms with Crippen molar-refractivity contribution >= 4 is 0 Å². The summed E-state index contributed by atoms with van der Waals surface area (Å²) in [4.78, 5) is 8.32. The highest BCUT2D eigenvalue weighted by atomic mass is 14.9. The molecule has 4 heteroatoms. The van der Waals surface area contributed by atoms with Crippen LogP contribution in [0.15, 0.2) is 12.3 Å². The Morgan fingerprint density at radius 2 is 2.40 bits per heavy atom. The van der Waals surface area contributed by atoms with Crippen LogP contribution in [0.25, 0.3) is 0 Å². The van der Waals surface area contributed by atoms with E-state index in [9.17, 15) is 0 Å². The Hall–Kier alpha value is -1.47. The highest BCUT2D eigenvalue weighted by Crippen LogP contribution is 1.99. The third kappa shape index (κ3) is 4.05. The Kier molecular flexibility index (Phi) is 4.72. The Balaban J connectivity index is 2.46. The van der Waals surface area contributed by atoms with Gasteiger partial charge in [-0.1, -0.05) is 6.92 Å². The SMILES string of the molecule is CCC(CC#N)NCc1ccnc(C)n1. The molecule has 1 rings (SSSR count). The van der Waals surface area contributed by atoms with Crippen molar-refractivity contribution in [3.05, 3.63) is 23.8 Å². The summed E-state index contributed by atoms with van der Waals surface area (Å²) < 4.78 is 0. The number of nitriles is 1. The smallest absolute Gasteiger partial charge is 0.125 e. The topological polar surface area (TPSA) is 61.6 Å². The van der Waals surface area contributed by atoms with Crippen LogP contribution in [0, 0.1) is 18.3 Å². The average Bonchev–Trinajstić information content (AvgIpc) is 2.24. The van der Waals surface area contributed by atoms with Gasteiger partial charge in [-0.15, -0.1) is 0 Å². The fraction of sp³-hybridized carbons (Fsp3) is 0.545. The number of nitrogens with one attached hydrogen (secondary N) is 1. The summed E-state index contributed by atoms with van der Waals surface area (Å²) in [6, 6.07) is 4.31. The maximum Gasteiger partial charge on any atom is 0.125 e. The number of aryl methyl sites for hydroxylation is 1. The standard InChI is InChI=1S/C11H16N4/c1-3-10(4-6-12)14-8-11-5-7-13-9(2)15-11/h5,7,10,14H,3-4,8H2,1-2H3. The second-order valence-electron chi connectivity index (χ2n) is 3.44. The molecule has 0 amide bonds. The second-order valence-corrected chi connectivity index (χ2v) is 3.44. The lowest BCUT2D eigenvalue weighted by atomic mass is 10.1. The fourth-order valence-corrected chi connectivity index (χ4v) is 1.32. The highest BCUT2D eigenvalue weighted by Gasteiger charge is 2.04. The largest absolute Gasteiger partial charge is 0.307 e. The fourth-order valence-electron chi connectivity index (χ4n) is 1.32. The molecule has 0 aromatic carbocycles. The van der Waals surface area contributed by atoms with E-state index in [1.54, 1.807) is 6.20 Å². The molecule has 15 heavy (non-hydrogen) atoms. The van der Waals surface area contributed by atoms with Gasteiger partial charge in [0.25, 0.3) is 0 Å². The van der Waals surface area contributed by atoms with Gasteiger partial charge < -0.3 is 5.32 Å². The molecule has 1 aromatic rings. The lowest BCUT2D eigenvalue weighted by Crippen LogP contribution is -2.27. The zero-order valence-corrected chi connectivity index (χ0v) is 9.20. The normalized spacial score (nSPS) is 12.1. The van der Waals surface area contributed by atoms with Crippen molar-refractivity contribution < 1.29 is 0 Å². The van der Waals surface area contributed by atoms with Gasteiger partial charge in [-0.2, -0.15) is 5.26 Å². The molecule has 0 spiro atoms. The molecule has 1 unspecified atom stereocenters. The average molecular weight is 204 g/mol. The van der Waals surface area contributed by atoms with Crippen LogP contribution in [0.4, 0.5) is 0 Å². The molecule has 1 atom stereocenters. The van der Waals surface area contributed by atoms with E-state index in [2.05, 4.69) is 28.3 Å². The van der Waals surface area contributed by atoms with Crippen molar-refractivity contribution in [1.82, 2.24) is 15.3 Å². The predicted octanol–water partition coefficient (Wildman–Crippen LogP) is 1.57. The highest BCUT2D eigenvalue weighted by molar-refractivity contribution is 5.01. The first-order valence-electron chi connectivity index (χ1n) is 5.15. The van der Waals surface area contributed by atoms with Gasteiger partial charge in [0.15, 0.2) is 0 Å². The van der Waals surface area contributed by atoms with Gasteiger partial charge in [-0.25, -0.2) is 9.97 Å². The van der Waals surface area contributed by atoms with Crippen LogP contribution in [-0.2, 0) is 6.54 Å². The summed E-state index contributed by atoms with van der Waals surface area (Å²) in [6.07, 6.45) is 3.25. The van der Waals surface area contributed by atoms with Gasteiger partial charge in [0, 0.05) is 18.8 Å². The molecule has 0 fully saturated rings. The minimum Gasteiger partial charge on any atom is -0.307 e. The molecule has 0 aliphatic heterocycles. The van der Waals surface area contributed by atoms with E-state index in [1.165, 1.54) is 0 Å². The summed E-state index contributed by atoms with van der Waals surface area (Å²) in [5.41, 5.74) is 0.971. The quantitative estimate of drug-likeness (QED) is 0.790. The summed E-state index contributed by atoms with van der Waals surface area (Å²) in [5.74, 6) is 0.780. The molecule has 0 bridgehead atoms. The first-order chi connectivity index (χ1) is 7.26. The zero-order valence-electron chi connectivity index (χ0n) is 9.20. The molecular formula is C11H16N4. The Bertz CT molecular complexity index is 343. The van der Waals surface area contributed by atoms with Crippen LogP contribution in [0.5, 0.6) is 0 Å². The summed E-state index contributed by atoms with van der Waals surface area (Å²) in [7, 11) is 0. The monoisotopic (exact) mass is 204 g/mol. The van der Waals surface area contributed by atoms with E-state index >= 15 is 0 Å². The summed E-state index contributed by atoms with van der Waals surface area (Å²) in [6.45, 7) is 4.64. The molecule has 0 saturated carbocycles. The van der Waals surface area contributed by atoms with Crippen molar-refractivity contribution in [2.24, 2.45) is 0 Å². The first kappa shape index (κ1) is 11.6. The predicted molar refractivity (Wildman–Crippen MR) is 57.9 cm³/mol. The lowest BCUT2D eigenvalue weighted by Gasteiger charge is -2.12. The van der Waals surface area contributed by atoms with E-state index in [-0.39, 0.29) is 6.04 Å². The maximum atomic E-state index is 8.59. The summed E-state index contributed by atoms with van der Waals surface area (Å²) >= 11 is 0. The van der Waals surface area contributed by atoms with Crippen LogP contribution < -0.4 is 5.32 Å². The molecule has 4 nitrogen and oxygen atoms in total. The Labute approximate surface area is 90.4 Å². The first-order valence-corrected chi connectivity index (χ1v) is 5.15. The number of aromatic nitrogens is 2. The van der Waals surface area contributed by atoms with Gasteiger partial charge >= 0.3 is 0 Å². The molecule has 0 saturated heterocycles. The van der Waals surface area contributed by atoms with Crippen molar-refractivity contribution in [1.29, 1.82) is 5.26 Å². The molecule has 1 heterocycles. The van der Waals surface area contributed by atoms with Crippen molar-refractivity contribution in [2.75, 3.05) is 0 Å². The van der Waals surface area contributed by atoms with Gasteiger partial charge in [0.05, 0.1) is 18.2 Å². The molecule has 1 aromatic heterocycles. The molecule has 0 aliphatic rings. The van der Waals surface area contributed by atoms with E-state index in [4.69, 9.17) is 5.26 Å². The van der Waals surface area contributed by atoms with Gasteiger partial charge in [-0.05, 0) is 19.4 Å². The minimum atomic E-state index is 0.255. The lowest BCUT2D eigenvalue weighted by molar-refractivity contribution is 0.500. The third-order valence-corrected chi connectivity index (χ3v) is 2.24. The second kappa shape index (κ2) is 6.10. The number of hydrogen-bond acceptors (Lipinski definition) is 4. The van der Waals surface area contributed by atoms with Crippen LogP contribution in [-0.4, -0.2) is 16.0 Å². The van der Waals surface area contributed by atoms with E-state index in [0.717, 1.165) is 17.9 Å². The number of nitrogens with zero attached hydrogens (tertiary/aromatic N) is 3. The van der Waals surface area contributed by atoms with Crippen LogP contribution in [0.3, 0.4) is 0 Å².